The first kappa shape index (κ1) is 10.3. The number of thiazole rings is 1. The van der Waals surface area contributed by atoms with Crippen LogP contribution in [0.15, 0.2) is 17.6 Å². The first-order chi connectivity index (χ1) is 7.84. The summed E-state index contributed by atoms with van der Waals surface area (Å²) in [5.41, 5.74) is 3.83. The topological polar surface area (TPSA) is 37.0 Å². The average molecular weight is 254 g/mol. The van der Waals surface area contributed by atoms with E-state index in [1.165, 1.54) is 4.70 Å². The van der Waals surface area contributed by atoms with Crippen LogP contribution in [0.1, 0.15) is 6.42 Å². The molecule has 1 saturated heterocycles. The molecule has 1 aromatic heterocycles. The van der Waals surface area contributed by atoms with Crippen molar-refractivity contribution in [1.82, 2.24) is 10.3 Å². The van der Waals surface area contributed by atoms with E-state index in [-0.39, 0.29) is 0 Å². The standard InChI is InChI=1S/C11H12ClN3S/c12-8-1-2-9-11(14-6-16-9)10(8)15-7-3-4-13-5-7/h1-2,6-7,13,15H,3-5H2. The second kappa shape index (κ2) is 4.20. The van der Waals surface area contributed by atoms with Crippen LogP contribution in [0.4, 0.5) is 5.69 Å². The number of fused-ring (bicyclic) bond motifs is 1. The van der Waals surface area contributed by atoms with E-state index in [0.717, 1.165) is 35.7 Å². The van der Waals surface area contributed by atoms with Crippen LogP contribution in [0.2, 0.25) is 5.02 Å². The number of hydrogen-bond acceptors (Lipinski definition) is 4. The molecule has 0 bridgehead atoms. The SMILES string of the molecule is Clc1ccc2scnc2c1NC1CCNC1. The molecule has 2 heterocycles. The maximum absolute atomic E-state index is 6.22. The lowest BCUT2D eigenvalue weighted by Gasteiger charge is -2.14. The Morgan fingerprint density at radius 1 is 1.50 bits per heavy atom. The summed E-state index contributed by atoms with van der Waals surface area (Å²) in [5, 5.41) is 7.57. The smallest absolute Gasteiger partial charge is 0.106 e. The fourth-order valence-electron chi connectivity index (χ4n) is 2.03. The molecule has 0 spiro atoms. The van der Waals surface area contributed by atoms with E-state index in [2.05, 4.69) is 15.6 Å². The molecule has 0 aliphatic carbocycles. The summed E-state index contributed by atoms with van der Waals surface area (Å²) >= 11 is 7.86. The summed E-state index contributed by atoms with van der Waals surface area (Å²) in [4.78, 5) is 4.37. The van der Waals surface area contributed by atoms with E-state index in [1.54, 1.807) is 11.3 Å². The van der Waals surface area contributed by atoms with Crippen LogP contribution in [0.3, 0.4) is 0 Å². The van der Waals surface area contributed by atoms with Gasteiger partial charge in [-0.05, 0) is 25.1 Å². The molecule has 3 rings (SSSR count). The van der Waals surface area contributed by atoms with Crippen molar-refractivity contribution in [2.75, 3.05) is 18.4 Å². The van der Waals surface area contributed by atoms with Crippen molar-refractivity contribution >= 4 is 38.8 Å². The van der Waals surface area contributed by atoms with Crippen molar-refractivity contribution < 1.29 is 0 Å². The Kier molecular flexibility index (Phi) is 2.71. The van der Waals surface area contributed by atoms with Crippen molar-refractivity contribution in [1.29, 1.82) is 0 Å². The van der Waals surface area contributed by atoms with Crippen LogP contribution in [0.25, 0.3) is 10.2 Å². The monoisotopic (exact) mass is 253 g/mol. The molecule has 1 unspecified atom stereocenters. The summed E-state index contributed by atoms with van der Waals surface area (Å²) in [6.07, 6.45) is 1.14. The van der Waals surface area contributed by atoms with Crippen LogP contribution < -0.4 is 10.6 Å². The van der Waals surface area contributed by atoms with Gasteiger partial charge in [-0.25, -0.2) is 4.98 Å². The molecule has 0 radical (unpaired) electrons. The summed E-state index contributed by atoms with van der Waals surface area (Å²) in [5.74, 6) is 0. The van der Waals surface area contributed by atoms with Crippen LogP contribution in [0.5, 0.6) is 0 Å². The van der Waals surface area contributed by atoms with Crippen LogP contribution in [-0.4, -0.2) is 24.1 Å². The number of nitrogens with one attached hydrogen (secondary N) is 2. The highest BCUT2D eigenvalue weighted by atomic mass is 35.5. The largest absolute Gasteiger partial charge is 0.378 e. The minimum Gasteiger partial charge on any atom is -0.378 e. The molecular formula is C11H12ClN3S. The number of anilines is 1. The molecule has 1 aliphatic heterocycles. The molecule has 1 aliphatic rings. The maximum atomic E-state index is 6.22. The van der Waals surface area contributed by atoms with E-state index in [0.29, 0.717) is 6.04 Å². The minimum atomic E-state index is 0.463. The Hall–Kier alpha value is -0.840. The van der Waals surface area contributed by atoms with Crippen molar-refractivity contribution in [3.05, 3.63) is 22.7 Å². The average Bonchev–Trinajstić information content (AvgIpc) is 2.92. The van der Waals surface area contributed by atoms with Crippen LogP contribution in [0, 0.1) is 0 Å². The van der Waals surface area contributed by atoms with Crippen LogP contribution in [-0.2, 0) is 0 Å². The first-order valence-electron chi connectivity index (χ1n) is 5.33. The lowest BCUT2D eigenvalue weighted by atomic mass is 10.2. The van der Waals surface area contributed by atoms with E-state index in [9.17, 15) is 0 Å². The second-order valence-corrected chi connectivity index (χ2v) is 5.25. The molecule has 16 heavy (non-hydrogen) atoms. The quantitative estimate of drug-likeness (QED) is 0.864. The first-order valence-corrected chi connectivity index (χ1v) is 6.59. The van der Waals surface area contributed by atoms with E-state index in [4.69, 9.17) is 11.6 Å². The predicted octanol–water partition coefficient (Wildman–Crippen LogP) is 2.72. The van der Waals surface area contributed by atoms with E-state index >= 15 is 0 Å². The summed E-state index contributed by atoms with van der Waals surface area (Å²) in [6.45, 7) is 2.07. The fourth-order valence-corrected chi connectivity index (χ4v) is 2.92. The molecule has 0 saturated carbocycles. The number of halogens is 1. The minimum absolute atomic E-state index is 0.463. The molecule has 1 fully saturated rings. The molecule has 1 aromatic carbocycles. The molecular weight excluding hydrogens is 242 g/mol. The Labute approximate surface area is 103 Å². The van der Waals surface area contributed by atoms with Gasteiger partial charge in [0.15, 0.2) is 0 Å². The molecule has 5 heteroatoms. The van der Waals surface area contributed by atoms with E-state index < -0.39 is 0 Å². The Balaban J connectivity index is 1.99. The Bertz CT molecular complexity index is 505. The highest BCUT2D eigenvalue weighted by Crippen LogP contribution is 2.33. The molecule has 1 atom stereocenters. The van der Waals surface area contributed by atoms with Gasteiger partial charge in [-0.15, -0.1) is 11.3 Å². The van der Waals surface area contributed by atoms with Gasteiger partial charge in [0.1, 0.15) is 5.52 Å². The summed E-state index contributed by atoms with van der Waals surface area (Å²) in [7, 11) is 0. The molecule has 84 valence electrons. The normalized spacial score (nSPS) is 20.4. The van der Waals surface area contributed by atoms with Crippen molar-refractivity contribution in [3.63, 3.8) is 0 Å². The van der Waals surface area contributed by atoms with Gasteiger partial charge in [-0.3, -0.25) is 0 Å². The zero-order chi connectivity index (χ0) is 11.0. The van der Waals surface area contributed by atoms with Gasteiger partial charge < -0.3 is 10.6 Å². The maximum Gasteiger partial charge on any atom is 0.106 e. The predicted molar refractivity (Wildman–Crippen MR) is 69.5 cm³/mol. The van der Waals surface area contributed by atoms with E-state index in [1.807, 2.05) is 17.6 Å². The van der Waals surface area contributed by atoms with Gasteiger partial charge in [0, 0.05) is 12.6 Å². The van der Waals surface area contributed by atoms with Gasteiger partial charge in [0.25, 0.3) is 0 Å². The highest BCUT2D eigenvalue weighted by molar-refractivity contribution is 7.16. The van der Waals surface area contributed by atoms with Crippen molar-refractivity contribution in [3.8, 4) is 0 Å². The molecule has 2 aromatic rings. The zero-order valence-electron chi connectivity index (χ0n) is 8.66. The number of rotatable bonds is 2. The second-order valence-electron chi connectivity index (χ2n) is 3.96. The van der Waals surface area contributed by atoms with Gasteiger partial charge in [-0.1, -0.05) is 11.6 Å². The lowest BCUT2D eigenvalue weighted by molar-refractivity contribution is 0.794. The molecule has 2 N–H and O–H groups in total. The summed E-state index contributed by atoms with van der Waals surface area (Å²) in [6, 6.07) is 4.42. The molecule has 0 amide bonds. The van der Waals surface area contributed by atoms with Gasteiger partial charge in [-0.2, -0.15) is 0 Å². The van der Waals surface area contributed by atoms with Gasteiger partial charge in [0.2, 0.25) is 0 Å². The van der Waals surface area contributed by atoms with Crippen molar-refractivity contribution in [2.24, 2.45) is 0 Å². The summed E-state index contributed by atoms with van der Waals surface area (Å²) < 4.78 is 1.18. The zero-order valence-corrected chi connectivity index (χ0v) is 10.2. The fraction of sp³-hybridized carbons (Fsp3) is 0.364. The third-order valence-corrected chi connectivity index (χ3v) is 3.97. The Morgan fingerprint density at radius 2 is 2.44 bits per heavy atom. The van der Waals surface area contributed by atoms with Crippen LogP contribution >= 0.6 is 22.9 Å². The lowest BCUT2D eigenvalue weighted by Crippen LogP contribution is -2.22. The Morgan fingerprint density at radius 3 is 3.25 bits per heavy atom. The van der Waals surface area contributed by atoms with Gasteiger partial charge >= 0.3 is 0 Å². The highest BCUT2D eigenvalue weighted by Gasteiger charge is 2.17. The van der Waals surface area contributed by atoms with Gasteiger partial charge in [0.05, 0.1) is 20.9 Å². The number of benzene rings is 1. The third kappa shape index (κ3) is 1.77. The number of aromatic nitrogens is 1. The number of hydrogen-bond donors (Lipinski definition) is 2. The number of nitrogens with zero attached hydrogens (tertiary/aromatic N) is 1. The molecule has 3 nitrogen and oxygen atoms in total. The van der Waals surface area contributed by atoms with Crippen molar-refractivity contribution in [2.45, 2.75) is 12.5 Å². The third-order valence-electron chi connectivity index (χ3n) is 2.86.